The number of hydrogen-bond donors (Lipinski definition) is 2. The summed E-state index contributed by atoms with van der Waals surface area (Å²) in [7, 11) is 2.92. The number of carbonyl (C=O) groups is 2. The lowest BCUT2D eigenvalue weighted by molar-refractivity contribution is -0.165. The van der Waals surface area contributed by atoms with Crippen LogP contribution in [0.1, 0.15) is 35.5 Å². The van der Waals surface area contributed by atoms with Crippen LogP contribution in [0.4, 0.5) is 0 Å². The van der Waals surface area contributed by atoms with Crippen molar-refractivity contribution in [1.82, 2.24) is 10.3 Å². The van der Waals surface area contributed by atoms with Crippen LogP contribution in [0, 0.1) is 0 Å². The Labute approximate surface area is 198 Å². The van der Waals surface area contributed by atoms with E-state index in [1.807, 2.05) is 60.7 Å². The summed E-state index contributed by atoms with van der Waals surface area (Å²) in [6, 6.07) is 19.4. The Balaban J connectivity index is 1.82. The summed E-state index contributed by atoms with van der Waals surface area (Å²) in [5, 5.41) is 12.7. The highest BCUT2D eigenvalue weighted by atomic mass is 16.6. The minimum atomic E-state index is -1.07. The smallest absolute Gasteiger partial charge is 0.328 e. The van der Waals surface area contributed by atoms with Gasteiger partial charge in [0.2, 0.25) is 0 Å². The third-order valence-corrected chi connectivity index (χ3v) is 5.62. The van der Waals surface area contributed by atoms with Crippen molar-refractivity contribution in [1.29, 1.82) is 0 Å². The molecule has 0 aliphatic carbocycles. The highest BCUT2D eigenvalue weighted by molar-refractivity contribution is 5.97. The minimum absolute atomic E-state index is 0.0969. The Kier molecular flexibility index (Phi) is 7.86. The second kappa shape index (κ2) is 10.8. The third kappa shape index (κ3) is 4.87. The van der Waals surface area contributed by atoms with Crippen molar-refractivity contribution in [2.45, 2.75) is 31.6 Å². The van der Waals surface area contributed by atoms with Crippen LogP contribution >= 0.6 is 0 Å². The van der Waals surface area contributed by atoms with Gasteiger partial charge in [-0.3, -0.25) is 4.79 Å². The number of pyridine rings is 1. The lowest BCUT2D eigenvalue weighted by Gasteiger charge is -2.38. The number of esters is 1. The number of rotatable bonds is 9. The quantitative estimate of drug-likeness (QED) is 0.467. The molecule has 0 saturated heterocycles. The normalized spacial score (nSPS) is 12.9. The molecule has 0 radical (unpaired) electrons. The Morgan fingerprint density at radius 2 is 1.50 bits per heavy atom. The van der Waals surface area contributed by atoms with Crippen molar-refractivity contribution in [3.8, 4) is 11.5 Å². The first kappa shape index (κ1) is 24.7. The predicted octanol–water partition coefficient (Wildman–Crippen LogP) is 3.44. The summed E-state index contributed by atoms with van der Waals surface area (Å²) in [4.78, 5) is 29.4. The average Bonchev–Trinajstić information content (AvgIpc) is 2.86. The number of nitrogens with one attached hydrogen (secondary N) is 1. The van der Waals surface area contributed by atoms with Crippen molar-refractivity contribution < 1.29 is 28.9 Å². The van der Waals surface area contributed by atoms with Gasteiger partial charge in [-0.15, -0.1) is 0 Å². The Morgan fingerprint density at radius 3 is 2.00 bits per heavy atom. The van der Waals surface area contributed by atoms with E-state index >= 15 is 0 Å². The molecule has 178 valence electrons. The van der Waals surface area contributed by atoms with E-state index in [1.165, 1.54) is 26.3 Å². The topological polar surface area (TPSA) is 107 Å². The van der Waals surface area contributed by atoms with Gasteiger partial charge in [0.05, 0.1) is 7.11 Å². The fraction of sp³-hybridized carbons (Fsp3) is 0.269. The standard InChI is InChI=1S/C26H28N2O6/c1-17(28-24(30)22-23(29)21(32-3)15-16-27-22)25(31)34-18(2)26(33-4,19-11-7-5-8-12-19)20-13-9-6-10-14-20/h5-18,29H,1-4H3,(H,28,30)/t17-,18-/m0/s1. The molecule has 34 heavy (non-hydrogen) atoms. The monoisotopic (exact) mass is 464 g/mol. The molecule has 2 atom stereocenters. The summed E-state index contributed by atoms with van der Waals surface area (Å²) in [5.41, 5.74) is 0.290. The van der Waals surface area contributed by atoms with E-state index in [2.05, 4.69) is 10.3 Å². The van der Waals surface area contributed by atoms with E-state index in [1.54, 1.807) is 14.0 Å². The molecule has 0 fully saturated rings. The third-order valence-electron chi connectivity index (χ3n) is 5.62. The van der Waals surface area contributed by atoms with Gasteiger partial charge in [-0.25, -0.2) is 9.78 Å². The molecule has 0 unspecified atom stereocenters. The maximum absolute atomic E-state index is 13.0. The molecule has 8 nitrogen and oxygen atoms in total. The molecule has 8 heteroatoms. The number of aromatic nitrogens is 1. The minimum Gasteiger partial charge on any atom is -0.503 e. The van der Waals surface area contributed by atoms with Gasteiger partial charge < -0.3 is 24.6 Å². The molecule has 2 N–H and O–H groups in total. The van der Waals surface area contributed by atoms with E-state index < -0.39 is 35.4 Å². The number of amides is 1. The molecule has 1 amide bonds. The molecule has 2 aromatic carbocycles. The maximum Gasteiger partial charge on any atom is 0.328 e. The maximum atomic E-state index is 13.0. The zero-order valence-corrected chi connectivity index (χ0v) is 19.5. The molecule has 0 aliphatic heterocycles. The first-order valence-corrected chi connectivity index (χ1v) is 10.7. The van der Waals surface area contributed by atoms with Gasteiger partial charge in [-0.2, -0.15) is 0 Å². The summed E-state index contributed by atoms with van der Waals surface area (Å²) in [5.74, 6) is -1.73. The Hall–Kier alpha value is -3.91. The van der Waals surface area contributed by atoms with Crippen LogP contribution in [0.25, 0.3) is 0 Å². The zero-order valence-electron chi connectivity index (χ0n) is 19.5. The fourth-order valence-electron chi connectivity index (χ4n) is 3.86. The average molecular weight is 465 g/mol. The summed E-state index contributed by atoms with van der Waals surface area (Å²) < 4.78 is 16.8. The van der Waals surface area contributed by atoms with Crippen LogP contribution in [-0.4, -0.2) is 48.3 Å². The Morgan fingerprint density at radius 1 is 0.941 bits per heavy atom. The van der Waals surface area contributed by atoms with E-state index in [9.17, 15) is 14.7 Å². The largest absolute Gasteiger partial charge is 0.503 e. The number of benzene rings is 2. The molecule has 3 aromatic rings. The molecular weight excluding hydrogens is 436 g/mol. The summed E-state index contributed by atoms with van der Waals surface area (Å²) in [6.07, 6.45) is 0.572. The Bertz CT molecular complexity index is 1080. The highest BCUT2D eigenvalue weighted by Crippen LogP contribution is 2.38. The molecule has 1 aromatic heterocycles. The van der Waals surface area contributed by atoms with E-state index in [-0.39, 0.29) is 11.4 Å². The van der Waals surface area contributed by atoms with Crippen molar-refractivity contribution >= 4 is 11.9 Å². The van der Waals surface area contributed by atoms with Gasteiger partial charge in [-0.05, 0) is 25.0 Å². The van der Waals surface area contributed by atoms with Crippen molar-refractivity contribution in [2.75, 3.05) is 14.2 Å². The number of ether oxygens (including phenoxy) is 3. The molecule has 0 spiro atoms. The SMILES string of the molecule is COc1ccnc(C(=O)N[C@@H](C)C(=O)O[C@@H](C)C(OC)(c2ccccc2)c2ccccc2)c1O. The van der Waals surface area contributed by atoms with Gasteiger partial charge in [0, 0.05) is 19.4 Å². The predicted molar refractivity (Wildman–Crippen MR) is 126 cm³/mol. The van der Waals surface area contributed by atoms with E-state index in [0.29, 0.717) is 0 Å². The van der Waals surface area contributed by atoms with Crippen LogP contribution in [0.5, 0.6) is 11.5 Å². The number of hydrogen-bond acceptors (Lipinski definition) is 7. The highest BCUT2D eigenvalue weighted by Gasteiger charge is 2.43. The molecule has 0 aliphatic rings. The zero-order chi connectivity index (χ0) is 24.7. The second-order valence-corrected chi connectivity index (χ2v) is 7.66. The second-order valence-electron chi connectivity index (χ2n) is 7.66. The molecule has 1 heterocycles. The first-order valence-electron chi connectivity index (χ1n) is 10.7. The summed E-state index contributed by atoms with van der Waals surface area (Å²) >= 11 is 0. The van der Waals surface area contributed by atoms with Gasteiger partial charge in [-0.1, -0.05) is 60.7 Å². The van der Waals surface area contributed by atoms with Gasteiger partial charge in [0.1, 0.15) is 12.1 Å². The van der Waals surface area contributed by atoms with Crippen LogP contribution in [0.3, 0.4) is 0 Å². The van der Waals surface area contributed by atoms with E-state index in [4.69, 9.17) is 14.2 Å². The van der Waals surface area contributed by atoms with Crippen LogP contribution in [0.2, 0.25) is 0 Å². The van der Waals surface area contributed by atoms with Crippen molar-refractivity contribution in [2.24, 2.45) is 0 Å². The summed E-state index contributed by atoms with van der Waals surface area (Å²) in [6.45, 7) is 3.23. The number of carbonyl (C=O) groups excluding carboxylic acids is 2. The van der Waals surface area contributed by atoms with Crippen molar-refractivity contribution in [3.63, 3.8) is 0 Å². The van der Waals surface area contributed by atoms with E-state index in [0.717, 1.165) is 11.1 Å². The first-order chi connectivity index (χ1) is 16.3. The van der Waals surface area contributed by atoms with Crippen molar-refractivity contribution in [3.05, 3.63) is 89.7 Å². The van der Waals surface area contributed by atoms with Gasteiger partial charge in [0.25, 0.3) is 5.91 Å². The van der Waals surface area contributed by atoms with Gasteiger partial charge >= 0.3 is 5.97 Å². The molecule has 3 rings (SSSR count). The number of methoxy groups -OCH3 is 2. The molecule has 0 bridgehead atoms. The fourth-order valence-corrected chi connectivity index (χ4v) is 3.86. The number of aromatic hydroxyl groups is 1. The van der Waals surface area contributed by atoms with Crippen LogP contribution in [0.15, 0.2) is 72.9 Å². The molecule has 0 saturated carbocycles. The number of nitrogens with zero attached hydrogens (tertiary/aromatic N) is 1. The van der Waals surface area contributed by atoms with Crippen LogP contribution in [-0.2, 0) is 19.9 Å². The lowest BCUT2D eigenvalue weighted by atomic mass is 9.82. The van der Waals surface area contributed by atoms with Gasteiger partial charge in [0.15, 0.2) is 22.8 Å². The van der Waals surface area contributed by atoms with Crippen LogP contribution < -0.4 is 10.1 Å². The molecular formula is C26H28N2O6. The lowest BCUT2D eigenvalue weighted by Crippen LogP contribution is -2.47.